The van der Waals surface area contributed by atoms with Gasteiger partial charge in [0.05, 0.1) is 28.1 Å². The summed E-state index contributed by atoms with van der Waals surface area (Å²) < 4.78 is 2.44. The van der Waals surface area contributed by atoms with Crippen molar-refractivity contribution >= 4 is 44.2 Å². The molecular weight excluding hydrogens is 621 g/mol. The van der Waals surface area contributed by atoms with Gasteiger partial charge in [0.2, 0.25) is 0 Å². The van der Waals surface area contributed by atoms with Crippen LogP contribution in [0.2, 0.25) is 0 Å². The highest BCUT2D eigenvalue weighted by Gasteiger charge is 2.23. The average Bonchev–Trinajstić information content (AvgIpc) is 3.55. The van der Waals surface area contributed by atoms with E-state index in [1.54, 1.807) is 0 Å². The van der Waals surface area contributed by atoms with Crippen LogP contribution in [0.1, 0.15) is 53.9 Å². The van der Waals surface area contributed by atoms with Gasteiger partial charge in [-0.1, -0.05) is 115 Å². The second kappa shape index (κ2) is 12.3. The first-order valence-electron chi connectivity index (χ1n) is 18.1. The van der Waals surface area contributed by atoms with E-state index in [4.69, 9.17) is 15.0 Å². The highest BCUT2D eigenvalue weighted by Crippen LogP contribution is 2.39. The Balaban J connectivity index is 1.07. The number of aromatic nitrogens is 4. The summed E-state index contributed by atoms with van der Waals surface area (Å²) in [5, 5.41) is 2.58. The van der Waals surface area contributed by atoms with Gasteiger partial charge < -0.3 is 4.57 Å². The number of nitrogens with zero attached hydrogens (tertiary/aromatic N) is 4. The van der Waals surface area contributed by atoms with Crippen molar-refractivity contribution in [2.45, 2.75) is 32.1 Å². The van der Waals surface area contributed by atoms with Gasteiger partial charge in [-0.2, -0.15) is 0 Å². The molecule has 0 fully saturated rings. The molecule has 4 aliphatic rings. The number of allylic oxidation sites excluding steroid dienone is 13. The van der Waals surface area contributed by atoms with Crippen LogP contribution in [-0.4, -0.2) is 19.5 Å². The van der Waals surface area contributed by atoms with Crippen molar-refractivity contribution in [1.82, 2.24) is 19.5 Å². The van der Waals surface area contributed by atoms with Crippen LogP contribution in [-0.2, 0) is 6.42 Å². The molecule has 10 rings (SSSR count). The highest BCUT2D eigenvalue weighted by atomic mass is 15.0. The third-order valence-electron chi connectivity index (χ3n) is 10.8. The molecule has 1 unspecified atom stereocenters. The Labute approximate surface area is 297 Å². The van der Waals surface area contributed by atoms with E-state index in [9.17, 15) is 0 Å². The minimum absolute atomic E-state index is 0.377. The Morgan fingerprint density at radius 1 is 0.686 bits per heavy atom. The molecule has 0 spiro atoms. The number of benzene rings is 3. The number of fused-ring (bicyclic) bond motifs is 5. The van der Waals surface area contributed by atoms with Gasteiger partial charge in [0.25, 0.3) is 0 Å². The maximum Gasteiger partial charge on any atom is 0.160 e. The van der Waals surface area contributed by atoms with Crippen molar-refractivity contribution in [2.75, 3.05) is 0 Å². The monoisotopic (exact) mass is 656 g/mol. The molecule has 0 saturated heterocycles. The molecule has 0 aliphatic heterocycles. The summed E-state index contributed by atoms with van der Waals surface area (Å²) in [5.41, 5.74) is 15.3. The Morgan fingerprint density at radius 2 is 1.47 bits per heavy atom. The summed E-state index contributed by atoms with van der Waals surface area (Å²) in [7, 11) is 0. The summed E-state index contributed by atoms with van der Waals surface area (Å²) >= 11 is 0. The molecule has 0 saturated carbocycles. The van der Waals surface area contributed by atoms with E-state index in [2.05, 4.69) is 144 Å². The van der Waals surface area contributed by atoms with Crippen LogP contribution in [0.5, 0.6) is 0 Å². The van der Waals surface area contributed by atoms with Crippen molar-refractivity contribution in [1.29, 1.82) is 0 Å². The van der Waals surface area contributed by atoms with Gasteiger partial charge >= 0.3 is 0 Å². The molecule has 1 atom stereocenters. The SMILES string of the molecule is C1=CC2=C(c3cc(C4=CC=C(n5c6ccccc6c6ccccc65)CC4)nc(-c4ccc(C5=CCCc6cccnc65)cc4)n3)C=CCC2C=C1. The van der Waals surface area contributed by atoms with Gasteiger partial charge in [0.15, 0.2) is 5.82 Å². The Hall–Kier alpha value is -6.13. The van der Waals surface area contributed by atoms with Crippen LogP contribution in [0.3, 0.4) is 0 Å². The van der Waals surface area contributed by atoms with Crippen LogP contribution in [0.15, 0.2) is 157 Å². The smallest absolute Gasteiger partial charge is 0.160 e. The fraction of sp³-hybridized carbons (Fsp3) is 0.128. The topological polar surface area (TPSA) is 43.6 Å². The summed E-state index contributed by atoms with van der Waals surface area (Å²) in [6, 6.07) is 32.7. The van der Waals surface area contributed by atoms with E-state index in [0.717, 1.165) is 60.6 Å². The molecule has 6 aromatic rings. The van der Waals surface area contributed by atoms with Crippen molar-refractivity contribution < 1.29 is 0 Å². The molecule has 3 heterocycles. The number of aryl methyl sites for hydroxylation is 1. The van der Waals surface area contributed by atoms with Crippen molar-refractivity contribution in [3.8, 4) is 11.4 Å². The van der Waals surface area contributed by atoms with Crippen LogP contribution in [0, 0.1) is 5.92 Å². The lowest BCUT2D eigenvalue weighted by molar-refractivity contribution is 0.783. The third kappa shape index (κ3) is 5.18. The first-order valence-corrected chi connectivity index (χ1v) is 18.1. The Kier molecular flexibility index (Phi) is 7.19. The zero-order valence-corrected chi connectivity index (χ0v) is 28.3. The first-order chi connectivity index (χ1) is 25.3. The van der Waals surface area contributed by atoms with Gasteiger partial charge in [0, 0.05) is 45.3 Å². The number of rotatable bonds is 5. The molecule has 0 radical (unpaired) electrons. The third-order valence-corrected chi connectivity index (χ3v) is 10.8. The second-order valence-corrected chi connectivity index (χ2v) is 13.8. The zero-order valence-electron chi connectivity index (χ0n) is 28.3. The fourth-order valence-electron chi connectivity index (χ4n) is 8.28. The zero-order chi connectivity index (χ0) is 33.7. The quantitative estimate of drug-likeness (QED) is 0.185. The van der Waals surface area contributed by atoms with E-state index < -0.39 is 0 Å². The summed E-state index contributed by atoms with van der Waals surface area (Å²) in [5.74, 6) is 1.13. The minimum Gasteiger partial charge on any atom is -0.313 e. The van der Waals surface area contributed by atoms with Gasteiger partial charge in [-0.25, -0.2) is 9.97 Å². The first kappa shape index (κ1) is 29.8. The number of para-hydroxylation sites is 2. The standard InChI is InChI=1S/C47H36N4/c1-2-14-37-31(10-1)11-7-18-39(37)43-30-42(33-25-27-36(28-26-33)51-44-19-5-3-15-40(44)41-16-4-6-20-45(41)51)49-47(50-43)35-23-21-32(22-24-35)38-17-8-12-34-13-9-29-48-46(34)38/h1-7,9-10,13-25,27,29-31H,8,11-12,26,28H2. The molecule has 0 amide bonds. The van der Waals surface area contributed by atoms with E-state index in [0.29, 0.717) is 5.92 Å². The lowest BCUT2D eigenvalue weighted by atomic mass is 9.83. The summed E-state index contributed by atoms with van der Waals surface area (Å²) in [6.07, 6.45) is 27.1. The molecule has 3 aromatic heterocycles. The highest BCUT2D eigenvalue weighted by molar-refractivity contribution is 6.10. The van der Waals surface area contributed by atoms with Gasteiger partial charge in [-0.15, -0.1) is 0 Å². The normalized spacial score (nSPS) is 18.0. The molecule has 3 aromatic carbocycles. The fourth-order valence-corrected chi connectivity index (χ4v) is 8.28. The number of hydrogen-bond acceptors (Lipinski definition) is 3. The van der Waals surface area contributed by atoms with Crippen LogP contribution < -0.4 is 0 Å². The van der Waals surface area contributed by atoms with Crippen molar-refractivity contribution in [3.63, 3.8) is 0 Å². The van der Waals surface area contributed by atoms with Crippen LogP contribution in [0.25, 0.3) is 55.6 Å². The second-order valence-electron chi connectivity index (χ2n) is 13.8. The molecule has 51 heavy (non-hydrogen) atoms. The van der Waals surface area contributed by atoms with Gasteiger partial charge in [-0.3, -0.25) is 4.98 Å². The van der Waals surface area contributed by atoms with Gasteiger partial charge in [-0.05, 0) is 84.7 Å². The molecule has 244 valence electrons. The molecule has 0 N–H and O–H groups in total. The lowest BCUT2D eigenvalue weighted by Crippen LogP contribution is -2.09. The largest absolute Gasteiger partial charge is 0.313 e. The number of hydrogen-bond donors (Lipinski definition) is 0. The van der Waals surface area contributed by atoms with E-state index in [1.807, 2.05) is 12.3 Å². The van der Waals surface area contributed by atoms with Gasteiger partial charge in [0.1, 0.15) is 0 Å². The molecule has 4 heteroatoms. The van der Waals surface area contributed by atoms with Crippen LogP contribution in [0.4, 0.5) is 0 Å². The maximum atomic E-state index is 5.27. The Bertz CT molecular complexity index is 2550. The van der Waals surface area contributed by atoms with E-state index >= 15 is 0 Å². The average molecular weight is 657 g/mol. The minimum atomic E-state index is 0.377. The number of pyridine rings is 1. The van der Waals surface area contributed by atoms with Crippen molar-refractivity contribution in [2.24, 2.45) is 5.92 Å². The van der Waals surface area contributed by atoms with Crippen molar-refractivity contribution in [3.05, 3.63) is 186 Å². The van der Waals surface area contributed by atoms with E-state index in [-0.39, 0.29) is 0 Å². The molecule has 4 nitrogen and oxygen atoms in total. The lowest BCUT2D eigenvalue weighted by Gasteiger charge is -2.23. The molecule has 0 bridgehead atoms. The predicted octanol–water partition coefficient (Wildman–Crippen LogP) is 11.2. The molecular formula is C47H36N4. The van der Waals surface area contributed by atoms with E-state index in [1.165, 1.54) is 60.9 Å². The summed E-state index contributed by atoms with van der Waals surface area (Å²) in [6.45, 7) is 0. The van der Waals surface area contributed by atoms with Crippen LogP contribution >= 0.6 is 0 Å². The predicted molar refractivity (Wildman–Crippen MR) is 210 cm³/mol. The summed E-state index contributed by atoms with van der Waals surface area (Å²) in [4.78, 5) is 15.3. The Morgan fingerprint density at radius 3 is 2.27 bits per heavy atom. The molecule has 4 aliphatic carbocycles. The maximum absolute atomic E-state index is 5.27.